The summed E-state index contributed by atoms with van der Waals surface area (Å²) >= 11 is 0. The molecule has 0 radical (unpaired) electrons. The Hall–Kier alpha value is -2.09. The molecule has 0 fully saturated rings. The van der Waals surface area contributed by atoms with Crippen LogP contribution in [0.4, 0.5) is 0 Å². The van der Waals surface area contributed by atoms with Gasteiger partial charge in [0, 0.05) is 31.5 Å². The first kappa shape index (κ1) is 24.2. The lowest BCUT2D eigenvalue weighted by atomic mass is 10.1. The van der Waals surface area contributed by atoms with Crippen molar-refractivity contribution in [1.82, 2.24) is 10.3 Å². The molecule has 1 heterocycles. The first-order valence-electron chi connectivity index (χ1n) is 10.2. The van der Waals surface area contributed by atoms with Gasteiger partial charge < -0.3 is 24.0 Å². The summed E-state index contributed by atoms with van der Waals surface area (Å²) in [5.41, 5.74) is 2.83. The normalized spacial score (nSPS) is 12.0. The van der Waals surface area contributed by atoms with Crippen LogP contribution in [0.5, 0.6) is 17.2 Å². The zero-order chi connectivity index (χ0) is 22.4. The van der Waals surface area contributed by atoms with Gasteiger partial charge in [-0.15, -0.1) is 0 Å². The molecule has 1 aromatic heterocycles. The van der Waals surface area contributed by atoms with E-state index in [0.717, 1.165) is 36.5 Å². The van der Waals surface area contributed by atoms with Crippen LogP contribution in [0.3, 0.4) is 0 Å². The summed E-state index contributed by atoms with van der Waals surface area (Å²) in [5.74, 6) is 1.79. The molecular formula is C23H36N2O4Si. The van der Waals surface area contributed by atoms with Crippen LogP contribution < -0.4 is 19.5 Å². The van der Waals surface area contributed by atoms with Gasteiger partial charge in [-0.3, -0.25) is 4.98 Å². The van der Waals surface area contributed by atoms with E-state index >= 15 is 0 Å². The summed E-state index contributed by atoms with van der Waals surface area (Å²) in [6, 6.07) is 7.87. The van der Waals surface area contributed by atoms with Gasteiger partial charge >= 0.3 is 0 Å². The second-order valence-electron chi connectivity index (χ2n) is 8.72. The molecule has 0 spiro atoms. The molecule has 166 valence electrons. The molecule has 7 heteroatoms. The number of ether oxygens (including phenoxy) is 3. The van der Waals surface area contributed by atoms with E-state index in [1.54, 1.807) is 21.3 Å². The van der Waals surface area contributed by atoms with Crippen LogP contribution in [0.15, 0.2) is 30.5 Å². The summed E-state index contributed by atoms with van der Waals surface area (Å²) in [4.78, 5) is 4.53. The number of hydrogen-bond acceptors (Lipinski definition) is 6. The maximum atomic E-state index is 6.22. The number of pyridine rings is 1. The lowest BCUT2D eigenvalue weighted by molar-refractivity contribution is 0.285. The molecule has 30 heavy (non-hydrogen) atoms. The van der Waals surface area contributed by atoms with Crippen molar-refractivity contribution in [2.24, 2.45) is 0 Å². The predicted octanol–water partition coefficient (Wildman–Crippen LogP) is 4.89. The van der Waals surface area contributed by atoms with Gasteiger partial charge in [0.25, 0.3) is 0 Å². The smallest absolute Gasteiger partial charge is 0.203 e. The van der Waals surface area contributed by atoms with E-state index in [1.807, 2.05) is 24.4 Å². The van der Waals surface area contributed by atoms with Crippen molar-refractivity contribution in [2.75, 3.05) is 34.5 Å². The third kappa shape index (κ3) is 5.74. The SMILES string of the molecule is COc1ccc(-c2cc(CNCCO[Si](C)(C)C(C)(C)C)ccn2)c(OC)c1OC. The Morgan fingerprint density at radius 1 is 0.967 bits per heavy atom. The average Bonchev–Trinajstić information content (AvgIpc) is 2.71. The number of nitrogens with zero attached hydrogens (tertiary/aromatic N) is 1. The Kier molecular flexibility index (Phi) is 8.29. The molecule has 0 bridgehead atoms. The van der Waals surface area contributed by atoms with Crippen LogP contribution in [-0.2, 0) is 11.0 Å². The number of benzene rings is 1. The van der Waals surface area contributed by atoms with Crippen LogP contribution in [0, 0.1) is 0 Å². The monoisotopic (exact) mass is 432 g/mol. The highest BCUT2D eigenvalue weighted by Crippen LogP contribution is 2.43. The van der Waals surface area contributed by atoms with Crippen LogP contribution >= 0.6 is 0 Å². The topological polar surface area (TPSA) is 61.8 Å². The minimum absolute atomic E-state index is 0.228. The fourth-order valence-corrected chi connectivity index (χ4v) is 3.91. The van der Waals surface area contributed by atoms with E-state index in [2.05, 4.69) is 50.2 Å². The van der Waals surface area contributed by atoms with Crippen molar-refractivity contribution >= 4 is 8.32 Å². The Morgan fingerprint density at radius 2 is 1.67 bits per heavy atom. The standard InChI is InChI=1S/C23H36N2O4Si/c1-23(2,3)30(7,8)29-14-13-24-16-17-11-12-25-19(15-17)18-9-10-20(26-4)22(28-6)21(18)27-5/h9-12,15,24H,13-14,16H2,1-8H3. The van der Waals surface area contributed by atoms with Gasteiger partial charge in [-0.05, 0) is 48.0 Å². The zero-order valence-electron chi connectivity index (χ0n) is 19.6. The number of hydrogen-bond donors (Lipinski definition) is 1. The Labute approximate surface area is 182 Å². The van der Waals surface area contributed by atoms with Crippen molar-refractivity contribution in [3.63, 3.8) is 0 Å². The number of nitrogens with one attached hydrogen (secondary N) is 1. The number of rotatable bonds is 10. The molecule has 0 unspecified atom stereocenters. The lowest BCUT2D eigenvalue weighted by Crippen LogP contribution is -2.42. The molecule has 0 saturated carbocycles. The van der Waals surface area contributed by atoms with Crippen LogP contribution in [0.1, 0.15) is 26.3 Å². The van der Waals surface area contributed by atoms with Crippen molar-refractivity contribution in [2.45, 2.75) is 45.4 Å². The van der Waals surface area contributed by atoms with Crippen molar-refractivity contribution in [3.05, 3.63) is 36.0 Å². The summed E-state index contributed by atoms with van der Waals surface area (Å²) < 4.78 is 22.7. The molecule has 2 rings (SSSR count). The van der Waals surface area contributed by atoms with Gasteiger partial charge in [0.2, 0.25) is 5.75 Å². The minimum Gasteiger partial charge on any atom is -0.493 e. The summed E-state index contributed by atoms with van der Waals surface area (Å²) in [5, 5.41) is 3.69. The van der Waals surface area contributed by atoms with E-state index < -0.39 is 8.32 Å². The van der Waals surface area contributed by atoms with E-state index in [-0.39, 0.29) is 5.04 Å². The molecule has 0 amide bonds. The van der Waals surface area contributed by atoms with Gasteiger partial charge in [-0.25, -0.2) is 0 Å². The van der Waals surface area contributed by atoms with Crippen LogP contribution in [0.2, 0.25) is 18.1 Å². The fraction of sp³-hybridized carbons (Fsp3) is 0.522. The van der Waals surface area contributed by atoms with Crippen molar-refractivity contribution in [3.8, 4) is 28.5 Å². The Bertz CT molecular complexity index is 834. The molecule has 0 aliphatic carbocycles. The molecule has 2 aromatic rings. The second kappa shape index (κ2) is 10.3. The molecule has 0 atom stereocenters. The quantitative estimate of drug-likeness (QED) is 0.426. The fourth-order valence-electron chi connectivity index (χ4n) is 2.86. The van der Waals surface area contributed by atoms with Crippen molar-refractivity contribution < 1.29 is 18.6 Å². The Morgan fingerprint density at radius 3 is 2.27 bits per heavy atom. The molecule has 0 aliphatic heterocycles. The van der Waals surface area contributed by atoms with E-state index in [1.165, 1.54) is 0 Å². The third-order valence-electron chi connectivity index (χ3n) is 5.68. The van der Waals surface area contributed by atoms with Crippen molar-refractivity contribution in [1.29, 1.82) is 0 Å². The lowest BCUT2D eigenvalue weighted by Gasteiger charge is -2.36. The highest BCUT2D eigenvalue weighted by Gasteiger charge is 2.36. The zero-order valence-corrected chi connectivity index (χ0v) is 20.6. The molecule has 6 nitrogen and oxygen atoms in total. The molecular weight excluding hydrogens is 396 g/mol. The predicted molar refractivity (Wildman–Crippen MR) is 124 cm³/mol. The first-order valence-corrected chi connectivity index (χ1v) is 13.1. The Balaban J connectivity index is 2.06. The highest BCUT2D eigenvalue weighted by atomic mass is 28.4. The molecule has 0 aliphatic rings. The van der Waals surface area contributed by atoms with Gasteiger partial charge in [-0.2, -0.15) is 0 Å². The van der Waals surface area contributed by atoms with Gasteiger partial charge in [0.15, 0.2) is 19.8 Å². The van der Waals surface area contributed by atoms with Gasteiger partial charge in [0.1, 0.15) is 0 Å². The third-order valence-corrected chi connectivity index (χ3v) is 10.2. The maximum Gasteiger partial charge on any atom is 0.203 e. The van der Waals surface area contributed by atoms with E-state index in [9.17, 15) is 0 Å². The van der Waals surface area contributed by atoms with Gasteiger partial charge in [-0.1, -0.05) is 20.8 Å². The first-order chi connectivity index (χ1) is 14.1. The van der Waals surface area contributed by atoms with Crippen LogP contribution in [-0.4, -0.2) is 47.8 Å². The summed E-state index contributed by atoms with van der Waals surface area (Å²) in [7, 11) is 3.13. The molecule has 1 N–H and O–H groups in total. The molecule has 0 saturated heterocycles. The second-order valence-corrected chi connectivity index (χ2v) is 13.5. The maximum absolute atomic E-state index is 6.22. The number of aromatic nitrogens is 1. The van der Waals surface area contributed by atoms with Crippen LogP contribution in [0.25, 0.3) is 11.3 Å². The summed E-state index contributed by atoms with van der Waals surface area (Å²) in [6.07, 6.45) is 1.81. The summed E-state index contributed by atoms with van der Waals surface area (Å²) in [6.45, 7) is 13.6. The van der Waals surface area contributed by atoms with E-state index in [0.29, 0.717) is 17.2 Å². The highest BCUT2D eigenvalue weighted by molar-refractivity contribution is 6.74. The van der Waals surface area contributed by atoms with Gasteiger partial charge in [0.05, 0.1) is 27.0 Å². The van der Waals surface area contributed by atoms with E-state index in [4.69, 9.17) is 18.6 Å². The average molecular weight is 433 g/mol. The number of methoxy groups -OCH3 is 3. The molecule has 1 aromatic carbocycles. The minimum atomic E-state index is -1.70. The largest absolute Gasteiger partial charge is 0.493 e.